The van der Waals surface area contributed by atoms with Gasteiger partial charge in [0.15, 0.2) is 0 Å². The minimum atomic E-state index is 0.778. The summed E-state index contributed by atoms with van der Waals surface area (Å²) in [6, 6.07) is 0. The molecule has 0 bridgehead atoms. The average molecular weight is 198 g/mol. The first kappa shape index (κ1) is 11.2. The summed E-state index contributed by atoms with van der Waals surface area (Å²) in [5.74, 6) is 3.64. The number of rotatable bonds is 4. The van der Waals surface area contributed by atoms with E-state index in [4.69, 9.17) is 0 Å². The molecule has 6 unspecified atom stereocenters. The van der Waals surface area contributed by atoms with E-state index in [1.807, 2.05) is 0 Å². The summed E-state index contributed by atoms with van der Waals surface area (Å²) < 4.78 is 0. The van der Waals surface area contributed by atoms with E-state index in [1.54, 1.807) is 0 Å². The molecular weight excluding hydrogens is 175 g/mol. The summed E-state index contributed by atoms with van der Waals surface area (Å²) in [6.45, 7) is 9.17. The predicted molar refractivity (Wildman–Crippen MR) is 63.9 cm³/mol. The minimum absolute atomic E-state index is 0.778. The maximum absolute atomic E-state index is 2.97. The topological polar surface area (TPSA) is 0 Å². The summed E-state index contributed by atoms with van der Waals surface area (Å²) in [4.78, 5) is 0. The maximum Gasteiger partial charge on any atom is -0.0163 e. The van der Waals surface area contributed by atoms with Crippen LogP contribution in [0.15, 0.2) is 12.2 Å². The third kappa shape index (κ3) is 2.34. The van der Waals surface area contributed by atoms with Gasteiger partial charge in [0.2, 0.25) is 0 Å². The molecule has 0 aromatic carbocycles. The van der Waals surface area contributed by atoms with Crippen molar-refractivity contribution in [3.8, 4) is 0 Å². The highest BCUT2D eigenvalue weighted by Crippen LogP contribution is 2.56. The third-order valence-electron chi connectivity index (χ3n) is 3.52. The molecule has 76 valence electrons. The Hall–Kier alpha value is 0.170. The Morgan fingerprint density at radius 2 is 1.92 bits per heavy atom. The Bertz CT molecular complexity index is 184. The van der Waals surface area contributed by atoms with E-state index >= 15 is 0 Å². The van der Waals surface area contributed by atoms with Crippen molar-refractivity contribution in [2.45, 2.75) is 39.8 Å². The summed E-state index contributed by atoms with van der Waals surface area (Å²) in [5.41, 5.74) is 0.778. The van der Waals surface area contributed by atoms with Crippen LogP contribution in [0.5, 0.6) is 0 Å². The molecule has 0 N–H and O–H groups in total. The van der Waals surface area contributed by atoms with Gasteiger partial charge in [0.05, 0.1) is 0 Å². The second-order valence-electron chi connectivity index (χ2n) is 4.50. The SMILES string of the molecule is C/C=C\C1C(C(C)P)C1C(C)CC. The largest absolute Gasteiger partial charge is 0.134 e. The lowest BCUT2D eigenvalue weighted by Gasteiger charge is -2.08. The minimum Gasteiger partial charge on any atom is -0.134 e. The van der Waals surface area contributed by atoms with Crippen LogP contribution >= 0.6 is 9.24 Å². The highest BCUT2D eigenvalue weighted by atomic mass is 31.0. The molecule has 1 heteroatoms. The predicted octanol–water partition coefficient (Wildman–Crippen LogP) is 3.73. The Kier molecular flexibility index (Phi) is 3.98. The van der Waals surface area contributed by atoms with E-state index in [2.05, 4.69) is 49.1 Å². The lowest BCUT2D eigenvalue weighted by Crippen LogP contribution is -2.02. The molecule has 0 heterocycles. The van der Waals surface area contributed by atoms with E-state index in [0.717, 1.165) is 29.3 Å². The van der Waals surface area contributed by atoms with Gasteiger partial charge in [-0.1, -0.05) is 39.3 Å². The van der Waals surface area contributed by atoms with E-state index in [0.29, 0.717) is 0 Å². The molecule has 0 radical (unpaired) electrons. The molecule has 0 spiro atoms. The van der Waals surface area contributed by atoms with Gasteiger partial charge in [0, 0.05) is 0 Å². The van der Waals surface area contributed by atoms with E-state index in [-0.39, 0.29) is 0 Å². The molecule has 0 amide bonds. The number of allylic oxidation sites excluding steroid dienone is 2. The first-order valence-corrected chi connectivity index (χ1v) is 6.18. The Morgan fingerprint density at radius 1 is 1.31 bits per heavy atom. The monoisotopic (exact) mass is 198 g/mol. The quantitative estimate of drug-likeness (QED) is 0.477. The van der Waals surface area contributed by atoms with Crippen LogP contribution in [-0.4, -0.2) is 5.66 Å². The van der Waals surface area contributed by atoms with Crippen molar-refractivity contribution in [2.75, 3.05) is 0 Å². The molecule has 1 aliphatic carbocycles. The van der Waals surface area contributed by atoms with E-state index in [9.17, 15) is 0 Å². The van der Waals surface area contributed by atoms with Crippen molar-refractivity contribution >= 4 is 9.24 Å². The van der Waals surface area contributed by atoms with Crippen LogP contribution in [0.25, 0.3) is 0 Å². The van der Waals surface area contributed by atoms with Gasteiger partial charge < -0.3 is 0 Å². The van der Waals surface area contributed by atoms with Crippen molar-refractivity contribution < 1.29 is 0 Å². The molecule has 1 aliphatic rings. The summed E-state index contributed by atoms with van der Waals surface area (Å²) in [6.07, 6.45) is 5.95. The highest BCUT2D eigenvalue weighted by Gasteiger charge is 2.51. The average Bonchev–Trinajstić information content (AvgIpc) is 2.78. The Morgan fingerprint density at radius 3 is 2.31 bits per heavy atom. The van der Waals surface area contributed by atoms with Gasteiger partial charge >= 0.3 is 0 Å². The Labute approximate surface area is 85.4 Å². The van der Waals surface area contributed by atoms with Crippen LogP contribution in [0, 0.1) is 23.7 Å². The Balaban J connectivity index is 2.56. The van der Waals surface area contributed by atoms with Crippen LogP contribution in [0.4, 0.5) is 0 Å². The molecule has 6 atom stereocenters. The second-order valence-corrected chi connectivity index (χ2v) is 5.55. The third-order valence-corrected chi connectivity index (χ3v) is 3.96. The van der Waals surface area contributed by atoms with Gasteiger partial charge in [0.1, 0.15) is 0 Å². The van der Waals surface area contributed by atoms with Crippen molar-refractivity contribution in [3.63, 3.8) is 0 Å². The van der Waals surface area contributed by atoms with Crippen molar-refractivity contribution in [2.24, 2.45) is 23.7 Å². The zero-order chi connectivity index (χ0) is 10.0. The number of hydrogen-bond donors (Lipinski definition) is 0. The van der Waals surface area contributed by atoms with E-state index < -0.39 is 0 Å². The molecule has 0 saturated heterocycles. The fourth-order valence-electron chi connectivity index (χ4n) is 2.60. The molecule has 1 saturated carbocycles. The van der Waals surface area contributed by atoms with Crippen LogP contribution in [0.2, 0.25) is 0 Å². The molecule has 0 aromatic rings. The van der Waals surface area contributed by atoms with Crippen molar-refractivity contribution in [1.29, 1.82) is 0 Å². The summed E-state index contributed by atoms with van der Waals surface area (Å²) >= 11 is 0. The number of hydrogen-bond acceptors (Lipinski definition) is 0. The van der Waals surface area contributed by atoms with Gasteiger partial charge in [-0.05, 0) is 36.3 Å². The molecule has 0 nitrogen and oxygen atoms in total. The first-order chi connectivity index (χ1) is 6.13. The lowest BCUT2D eigenvalue weighted by atomic mass is 10.00. The summed E-state index contributed by atoms with van der Waals surface area (Å²) in [5, 5.41) is 0. The standard InChI is InChI=1S/C12H23P/c1-5-7-10-11(8(3)6-2)12(10)9(4)13/h5,7-12H,6,13H2,1-4H3/b7-5-. The zero-order valence-corrected chi connectivity index (χ0v) is 10.5. The molecule has 0 aliphatic heterocycles. The molecular formula is C12H23P. The zero-order valence-electron chi connectivity index (χ0n) is 9.33. The molecule has 0 aromatic heterocycles. The van der Waals surface area contributed by atoms with Gasteiger partial charge in [-0.2, -0.15) is 0 Å². The lowest BCUT2D eigenvalue weighted by molar-refractivity contribution is 0.453. The smallest absolute Gasteiger partial charge is 0.0163 e. The van der Waals surface area contributed by atoms with Crippen LogP contribution < -0.4 is 0 Å². The van der Waals surface area contributed by atoms with Crippen molar-refractivity contribution in [3.05, 3.63) is 12.2 Å². The van der Waals surface area contributed by atoms with Crippen LogP contribution in [0.3, 0.4) is 0 Å². The highest BCUT2D eigenvalue weighted by molar-refractivity contribution is 7.17. The van der Waals surface area contributed by atoms with E-state index in [1.165, 1.54) is 6.42 Å². The van der Waals surface area contributed by atoms with Crippen molar-refractivity contribution in [1.82, 2.24) is 0 Å². The summed E-state index contributed by atoms with van der Waals surface area (Å²) in [7, 11) is 2.97. The van der Waals surface area contributed by atoms with Gasteiger partial charge in [0.25, 0.3) is 0 Å². The van der Waals surface area contributed by atoms with Crippen LogP contribution in [0.1, 0.15) is 34.1 Å². The fourth-order valence-corrected chi connectivity index (χ4v) is 3.11. The van der Waals surface area contributed by atoms with Gasteiger partial charge in [-0.25, -0.2) is 0 Å². The fraction of sp³-hybridized carbons (Fsp3) is 0.833. The molecule has 13 heavy (non-hydrogen) atoms. The maximum atomic E-state index is 2.97. The van der Waals surface area contributed by atoms with Gasteiger partial charge in [-0.15, -0.1) is 9.24 Å². The van der Waals surface area contributed by atoms with Gasteiger partial charge in [-0.3, -0.25) is 0 Å². The first-order valence-electron chi connectivity index (χ1n) is 5.51. The normalized spacial score (nSPS) is 37.8. The molecule has 1 fully saturated rings. The second kappa shape index (κ2) is 4.60. The van der Waals surface area contributed by atoms with Crippen LogP contribution in [-0.2, 0) is 0 Å². The molecule has 1 rings (SSSR count).